The van der Waals surface area contributed by atoms with Crippen molar-refractivity contribution in [1.82, 2.24) is 10.3 Å². The van der Waals surface area contributed by atoms with Crippen LogP contribution in [0.2, 0.25) is 0 Å². The topological polar surface area (TPSA) is 48.0 Å². The Hall–Kier alpha value is -0.800. The SMILES string of the molecule is CC(C)C(CCO)NCc1cc[nH]c1. The summed E-state index contributed by atoms with van der Waals surface area (Å²) >= 11 is 0. The predicted octanol–water partition coefficient (Wildman–Crippen LogP) is 1.51. The number of aromatic amines is 1. The second-order valence-corrected chi connectivity index (χ2v) is 3.96. The fourth-order valence-electron chi connectivity index (χ4n) is 1.53. The average Bonchev–Trinajstić information content (AvgIpc) is 2.64. The van der Waals surface area contributed by atoms with Gasteiger partial charge < -0.3 is 15.4 Å². The lowest BCUT2D eigenvalue weighted by Crippen LogP contribution is -2.34. The summed E-state index contributed by atoms with van der Waals surface area (Å²) < 4.78 is 0. The Bertz CT molecular complexity index is 231. The van der Waals surface area contributed by atoms with Gasteiger partial charge in [-0.25, -0.2) is 0 Å². The minimum Gasteiger partial charge on any atom is -0.396 e. The summed E-state index contributed by atoms with van der Waals surface area (Å²) in [5.41, 5.74) is 1.26. The van der Waals surface area contributed by atoms with Crippen LogP contribution >= 0.6 is 0 Å². The molecule has 1 aromatic rings. The smallest absolute Gasteiger partial charge is 0.0445 e. The first-order valence-electron chi connectivity index (χ1n) is 5.20. The first kappa shape index (κ1) is 11.3. The fourth-order valence-corrected chi connectivity index (χ4v) is 1.53. The van der Waals surface area contributed by atoms with E-state index in [1.807, 2.05) is 12.4 Å². The summed E-state index contributed by atoms with van der Waals surface area (Å²) in [5.74, 6) is 0.557. The van der Waals surface area contributed by atoms with E-state index in [1.165, 1.54) is 5.56 Å². The van der Waals surface area contributed by atoms with Crippen LogP contribution in [0.3, 0.4) is 0 Å². The fraction of sp³-hybridized carbons (Fsp3) is 0.636. The van der Waals surface area contributed by atoms with Gasteiger partial charge in [-0.1, -0.05) is 13.8 Å². The molecule has 80 valence electrons. The van der Waals surface area contributed by atoms with Crippen molar-refractivity contribution in [3.63, 3.8) is 0 Å². The zero-order valence-corrected chi connectivity index (χ0v) is 8.96. The lowest BCUT2D eigenvalue weighted by atomic mass is 10.0. The molecule has 1 heterocycles. The molecule has 1 unspecified atom stereocenters. The van der Waals surface area contributed by atoms with E-state index in [1.54, 1.807) is 0 Å². The first-order chi connectivity index (χ1) is 6.74. The molecule has 0 aliphatic rings. The van der Waals surface area contributed by atoms with Crippen LogP contribution in [0.15, 0.2) is 18.5 Å². The van der Waals surface area contributed by atoms with Gasteiger partial charge in [0, 0.05) is 31.6 Å². The van der Waals surface area contributed by atoms with Gasteiger partial charge in [-0.2, -0.15) is 0 Å². The quantitative estimate of drug-likeness (QED) is 0.646. The summed E-state index contributed by atoms with van der Waals surface area (Å²) in [5, 5.41) is 12.3. The number of nitrogens with one attached hydrogen (secondary N) is 2. The summed E-state index contributed by atoms with van der Waals surface area (Å²) in [6.45, 7) is 5.46. The number of aromatic nitrogens is 1. The molecule has 0 bridgehead atoms. The Kier molecular flexibility index (Phi) is 4.70. The highest BCUT2D eigenvalue weighted by atomic mass is 16.3. The monoisotopic (exact) mass is 196 g/mol. The van der Waals surface area contributed by atoms with Gasteiger partial charge in [0.1, 0.15) is 0 Å². The number of aliphatic hydroxyl groups is 1. The normalized spacial score (nSPS) is 13.4. The molecule has 0 saturated carbocycles. The van der Waals surface area contributed by atoms with E-state index in [0.717, 1.165) is 13.0 Å². The Morgan fingerprint density at radius 1 is 1.50 bits per heavy atom. The van der Waals surface area contributed by atoms with Crippen LogP contribution in [0.5, 0.6) is 0 Å². The van der Waals surface area contributed by atoms with E-state index in [9.17, 15) is 0 Å². The van der Waals surface area contributed by atoms with Crippen molar-refractivity contribution in [3.05, 3.63) is 24.0 Å². The molecule has 1 rings (SSSR count). The third kappa shape index (κ3) is 3.52. The molecule has 3 heteroatoms. The molecular weight excluding hydrogens is 176 g/mol. The molecule has 1 atom stereocenters. The Morgan fingerprint density at radius 3 is 2.79 bits per heavy atom. The van der Waals surface area contributed by atoms with Gasteiger partial charge in [0.15, 0.2) is 0 Å². The summed E-state index contributed by atoms with van der Waals surface area (Å²) in [6.07, 6.45) is 4.73. The summed E-state index contributed by atoms with van der Waals surface area (Å²) in [4.78, 5) is 3.03. The Balaban J connectivity index is 2.33. The molecule has 0 amide bonds. The van der Waals surface area contributed by atoms with Crippen LogP contribution in [0.1, 0.15) is 25.8 Å². The van der Waals surface area contributed by atoms with Crippen molar-refractivity contribution < 1.29 is 5.11 Å². The van der Waals surface area contributed by atoms with E-state index in [2.05, 4.69) is 30.2 Å². The average molecular weight is 196 g/mol. The predicted molar refractivity (Wildman–Crippen MR) is 58.0 cm³/mol. The standard InChI is InChI=1S/C11H20N2O/c1-9(2)11(4-6-14)13-8-10-3-5-12-7-10/h3,5,7,9,11-14H,4,6,8H2,1-2H3. The third-order valence-electron chi connectivity index (χ3n) is 2.48. The highest BCUT2D eigenvalue weighted by Gasteiger charge is 2.11. The summed E-state index contributed by atoms with van der Waals surface area (Å²) in [7, 11) is 0. The first-order valence-corrected chi connectivity index (χ1v) is 5.20. The Morgan fingerprint density at radius 2 is 2.29 bits per heavy atom. The van der Waals surface area contributed by atoms with Crippen LogP contribution < -0.4 is 5.32 Å². The van der Waals surface area contributed by atoms with E-state index < -0.39 is 0 Å². The van der Waals surface area contributed by atoms with Crippen LogP contribution in [0.4, 0.5) is 0 Å². The molecule has 0 spiro atoms. The van der Waals surface area contributed by atoms with E-state index >= 15 is 0 Å². The lowest BCUT2D eigenvalue weighted by molar-refractivity contribution is 0.244. The van der Waals surface area contributed by atoms with Gasteiger partial charge in [0.2, 0.25) is 0 Å². The van der Waals surface area contributed by atoms with E-state index in [0.29, 0.717) is 12.0 Å². The number of hydrogen-bond acceptors (Lipinski definition) is 2. The largest absolute Gasteiger partial charge is 0.396 e. The molecule has 14 heavy (non-hydrogen) atoms. The molecule has 3 N–H and O–H groups in total. The highest BCUT2D eigenvalue weighted by molar-refractivity contribution is 5.07. The molecule has 0 fully saturated rings. The zero-order valence-electron chi connectivity index (χ0n) is 8.96. The van der Waals surface area contributed by atoms with Crippen molar-refractivity contribution in [2.24, 2.45) is 5.92 Å². The summed E-state index contributed by atoms with van der Waals surface area (Å²) in [6, 6.07) is 2.46. The van der Waals surface area contributed by atoms with Crippen molar-refractivity contribution >= 4 is 0 Å². The number of rotatable bonds is 6. The zero-order chi connectivity index (χ0) is 10.4. The van der Waals surface area contributed by atoms with Gasteiger partial charge in [0.25, 0.3) is 0 Å². The van der Waals surface area contributed by atoms with Gasteiger partial charge >= 0.3 is 0 Å². The van der Waals surface area contributed by atoms with Crippen molar-refractivity contribution in [2.45, 2.75) is 32.9 Å². The molecular formula is C11H20N2O. The van der Waals surface area contributed by atoms with Crippen LogP contribution in [-0.2, 0) is 6.54 Å². The molecule has 1 aromatic heterocycles. The minimum atomic E-state index is 0.253. The van der Waals surface area contributed by atoms with Crippen molar-refractivity contribution in [1.29, 1.82) is 0 Å². The minimum absolute atomic E-state index is 0.253. The van der Waals surface area contributed by atoms with Gasteiger partial charge in [-0.05, 0) is 24.0 Å². The van der Waals surface area contributed by atoms with Crippen molar-refractivity contribution in [3.8, 4) is 0 Å². The van der Waals surface area contributed by atoms with Crippen LogP contribution in [-0.4, -0.2) is 22.7 Å². The van der Waals surface area contributed by atoms with E-state index in [4.69, 9.17) is 5.11 Å². The molecule has 3 nitrogen and oxygen atoms in total. The van der Waals surface area contributed by atoms with Gasteiger partial charge in [-0.15, -0.1) is 0 Å². The lowest BCUT2D eigenvalue weighted by Gasteiger charge is -2.21. The second kappa shape index (κ2) is 5.83. The van der Waals surface area contributed by atoms with Crippen LogP contribution in [0.25, 0.3) is 0 Å². The molecule has 0 aromatic carbocycles. The highest BCUT2D eigenvalue weighted by Crippen LogP contribution is 2.07. The number of aliphatic hydroxyl groups excluding tert-OH is 1. The maximum atomic E-state index is 8.90. The maximum Gasteiger partial charge on any atom is 0.0445 e. The van der Waals surface area contributed by atoms with Gasteiger partial charge in [-0.3, -0.25) is 0 Å². The molecule has 0 saturated heterocycles. The van der Waals surface area contributed by atoms with E-state index in [-0.39, 0.29) is 6.61 Å². The molecule has 0 radical (unpaired) electrons. The van der Waals surface area contributed by atoms with Crippen LogP contribution in [0, 0.1) is 5.92 Å². The maximum absolute atomic E-state index is 8.90. The Labute approximate surface area is 85.5 Å². The molecule has 0 aliphatic heterocycles. The van der Waals surface area contributed by atoms with Gasteiger partial charge in [0.05, 0.1) is 0 Å². The number of H-pyrrole nitrogens is 1. The molecule has 0 aliphatic carbocycles. The number of hydrogen-bond donors (Lipinski definition) is 3. The second-order valence-electron chi connectivity index (χ2n) is 3.96. The third-order valence-corrected chi connectivity index (χ3v) is 2.48. The van der Waals surface area contributed by atoms with Crippen molar-refractivity contribution in [2.75, 3.05) is 6.61 Å².